The fourth-order valence-electron chi connectivity index (χ4n) is 3.08. The summed E-state index contributed by atoms with van der Waals surface area (Å²) in [5.74, 6) is 0.867. The third-order valence-corrected chi connectivity index (χ3v) is 4.25. The zero-order valence-corrected chi connectivity index (χ0v) is 13.4. The Labute approximate surface area is 134 Å². The number of esters is 1. The van der Waals surface area contributed by atoms with Gasteiger partial charge in [0.25, 0.3) is 0 Å². The van der Waals surface area contributed by atoms with Gasteiger partial charge < -0.3 is 14.6 Å². The number of nitrogens with one attached hydrogen (secondary N) is 1. The molecule has 3 rings (SSSR count). The zero-order chi connectivity index (χ0) is 16.4. The second-order valence-electron chi connectivity index (χ2n) is 6.18. The Bertz CT molecular complexity index is 580. The highest BCUT2D eigenvalue weighted by Crippen LogP contribution is 2.21. The highest BCUT2D eigenvalue weighted by Gasteiger charge is 2.37. The van der Waals surface area contributed by atoms with Crippen molar-refractivity contribution in [2.24, 2.45) is 0 Å². The monoisotopic (exact) mass is 322 g/mol. The molecule has 23 heavy (non-hydrogen) atoms. The summed E-state index contributed by atoms with van der Waals surface area (Å²) in [5.41, 5.74) is 0. The SMILES string of the molecule is Cc1cc(NC(=O)CN2CCN(C3CC(C)OC3=O)CC2)no1. The van der Waals surface area contributed by atoms with Gasteiger partial charge in [-0.3, -0.25) is 19.4 Å². The summed E-state index contributed by atoms with van der Waals surface area (Å²) in [4.78, 5) is 28.0. The van der Waals surface area contributed by atoms with Crippen molar-refractivity contribution in [1.29, 1.82) is 0 Å². The van der Waals surface area contributed by atoms with Gasteiger partial charge in [-0.25, -0.2) is 0 Å². The fraction of sp³-hybridized carbons (Fsp3) is 0.667. The van der Waals surface area contributed by atoms with E-state index in [2.05, 4.69) is 20.3 Å². The van der Waals surface area contributed by atoms with Crippen molar-refractivity contribution in [2.45, 2.75) is 32.4 Å². The van der Waals surface area contributed by atoms with Crippen molar-refractivity contribution in [1.82, 2.24) is 15.0 Å². The van der Waals surface area contributed by atoms with Crippen molar-refractivity contribution in [2.75, 3.05) is 38.0 Å². The fourth-order valence-corrected chi connectivity index (χ4v) is 3.08. The predicted molar refractivity (Wildman–Crippen MR) is 81.8 cm³/mol. The largest absolute Gasteiger partial charge is 0.461 e. The van der Waals surface area contributed by atoms with Crippen molar-refractivity contribution < 1.29 is 18.8 Å². The number of nitrogens with zero attached hydrogens (tertiary/aromatic N) is 3. The molecular weight excluding hydrogens is 300 g/mol. The molecule has 3 heterocycles. The Morgan fingerprint density at radius 2 is 2.13 bits per heavy atom. The van der Waals surface area contributed by atoms with Crippen LogP contribution in [0.4, 0.5) is 5.82 Å². The summed E-state index contributed by atoms with van der Waals surface area (Å²) in [6.07, 6.45) is 0.757. The number of carbonyl (C=O) groups is 2. The predicted octanol–water partition coefficient (Wildman–Crippen LogP) is 0.243. The minimum atomic E-state index is -0.126. The highest BCUT2D eigenvalue weighted by molar-refractivity contribution is 5.91. The lowest BCUT2D eigenvalue weighted by atomic mass is 10.1. The van der Waals surface area contributed by atoms with Crippen molar-refractivity contribution >= 4 is 17.7 Å². The van der Waals surface area contributed by atoms with E-state index >= 15 is 0 Å². The minimum Gasteiger partial charge on any atom is -0.461 e. The Kier molecular flexibility index (Phi) is 4.63. The van der Waals surface area contributed by atoms with Gasteiger partial charge in [-0.05, 0) is 13.8 Å². The molecule has 1 aromatic rings. The van der Waals surface area contributed by atoms with Crippen LogP contribution in [0.1, 0.15) is 19.1 Å². The van der Waals surface area contributed by atoms with Crippen LogP contribution in [0, 0.1) is 6.92 Å². The molecule has 8 heteroatoms. The van der Waals surface area contributed by atoms with E-state index < -0.39 is 0 Å². The Morgan fingerprint density at radius 3 is 2.70 bits per heavy atom. The number of rotatable bonds is 4. The van der Waals surface area contributed by atoms with Gasteiger partial charge in [0, 0.05) is 38.7 Å². The first-order chi connectivity index (χ1) is 11.0. The summed E-state index contributed by atoms with van der Waals surface area (Å²) >= 11 is 0. The number of anilines is 1. The molecule has 2 fully saturated rings. The average molecular weight is 322 g/mol. The number of aromatic nitrogens is 1. The lowest BCUT2D eigenvalue weighted by Gasteiger charge is -2.36. The first-order valence-corrected chi connectivity index (χ1v) is 7.91. The smallest absolute Gasteiger partial charge is 0.323 e. The van der Waals surface area contributed by atoms with E-state index in [1.165, 1.54) is 0 Å². The molecule has 0 aliphatic carbocycles. The van der Waals surface area contributed by atoms with Crippen LogP contribution in [-0.2, 0) is 14.3 Å². The van der Waals surface area contributed by atoms with Gasteiger partial charge in [-0.1, -0.05) is 5.16 Å². The summed E-state index contributed by atoms with van der Waals surface area (Å²) in [6, 6.07) is 1.56. The third kappa shape index (κ3) is 3.89. The molecule has 1 aromatic heterocycles. The number of piperazine rings is 1. The van der Waals surface area contributed by atoms with Crippen LogP contribution >= 0.6 is 0 Å². The third-order valence-electron chi connectivity index (χ3n) is 4.25. The lowest BCUT2D eigenvalue weighted by molar-refractivity contribution is -0.145. The minimum absolute atomic E-state index is 0.00206. The molecule has 0 bridgehead atoms. The molecule has 2 aliphatic heterocycles. The van der Waals surface area contributed by atoms with E-state index in [4.69, 9.17) is 9.26 Å². The maximum atomic E-state index is 12.0. The number of ether oxygens (including phenoxy) is 1. The summed E-state index contributed by atoms with van der Waals surface area (Å²) in [6.45, 7) is 7.05. The normalized spacial score (nSPS) is 26.3. The molecule has 2 aliphatic rings. The molecule has 1 amide bonds. The highest BCUT2D eigenvalue weighted by atomic mass is 16.6. The molecule has 126 valence electrons. The summed E-state index contributed by atoms with van der Waals surface area (Å²) in [5, 5.41) is 6.46. The van der Waals surface area contributed by atoms with Gasteiger partial charge in [0.15, 0.2) is 5.82 Å². The molecule has 2 saturated heterocycles. The van der Waals surface area contributed by atoms with E-state index in [0.717, 1.165) is 32.6 Å². The second-order valence-corrected chi connectivity index (χ2v) is 6.18. The van der Waals surface area contributed by atoms with Crippen molar-refractivity contribution in [3.8, 4) is 0 Å². The van der Waals surface area contributed by atoms with Crippen molar-refractivity contribution in [3.63, 3.8) is 0 Å². The molecule has 0 spiro atoms. The molecule has 2 unspecified atom stereocenters. The van der Waals surface area contributed by atoms with Crippen LogP contribution in [0.5, 0.6) is 0 Å². The quantitative estimate of drug-likeness (QED) is 0.795. The molecule has 2 atom stereocenters. The Balaban J connectivity index is 1.44. The number of amides is 1. The van der Waals surface area contributed by atoms with E-state index in [0.29, 0.717) is 18.1 Å². The molecule has 0 aromatic carbocycles. The molecule has 8 nitrogen and oxygen atoms in total. The standard InChI is InChI=1S/C15H22N4O4/c1-10-7-12(15(21)22-10)19-5-3-18(4-6-19)9-14(20)16-13-8-11(2)23-17-13/h8,10,12H,3-7,9H2,1-2H3,(H,16,17,20). The lowest BCUT2D eigenvalue weighted by Crippen LogP contribution is -2.52. The zero-order valence-electron chi connectivity index (χ0n) is 13.4. The van der Waals surface area contributed by atoms with Gasteiger partial charge in [-0.15, -0.1) is 0 Å². The first kappa shape index (κ1) is 15.9. The molecule has 0 saturated carbocycles. The maximum Gasteiger partial charge on any atom is 0.323 e. The number of aryl methyl sites for hydroxylation is 1. The number of cyclic esters (lactones) is 1. The van der Waals surface area contributed by atoms with Crippen LogP contribution in [-0.4, -0.2) is 71.7 Å². The molecule has 0 radical (unpaired) electrons. The Hall–Kier alpha value is -1.93. The van der Waals surface area contributed by atoms with E-state index in [9.17, 15) is 9.59 Å². The van der Waals surface area contributed by atoms with Crippen LogP contribution in [0.2, 0.25) is 0 Å². The molecule has 1 N–H and O–H groups in total. The average Bonchev–Trinajstić information content (AvgIpc) is 3.05. The van der Waals surface area contributed by atoms with Crippen molar-refractivity contribution in [3.05, 3.63) is 11.8 Å². The van der Waals surface area contributed by atoms with Crippen LogP contribution in [0.15, 0.2) is 10.6 Å². The van der Waals surface area contributed by atoms with Gasteiger partial charge in [0.05, 0.1) is 6.54 Å². The topological polar surface area (TPSA) is 87.9 Å². The maximum absolute atomic E-state index is 12.0. The van der Waals surface area contributed by atoms with Gasteiger partial charge in [0.1, 0.15) is 17.9 Å². The first-order valence-electron chi connectivity index (χ1n) is 7.91. The van der Waals surface area contributed by atoms with Crippen LogP contribution in [0.3, 0.4) is 0 Å². The van der Waals surface area contributed by atoms with Crippen LogP contribution < -0.4 is 5.32 Å². The molecular formula is C15H22N4O4. The summed E-state index contributed by atoms with van der Waals surface area (Å²) < 4.78 is 10.1. The van der Waals surface area contributed by atoms with E-state index in [-0.39, 0.29) is 24.0 Å². The van der Waals surface area contributed by atoms with Gasteiger partial charge in [0.2, 0.25) is 5.91 Å². The number of hydrogen-bond donors (Lipinski definition) is 1. The number of carbonyl (C=O) groups excluding carboxylic acids is 2. The summed E-state index contributed by atoms with van der Waals surface area (Å²) in [7, 11) is 0. The Morgan fingerprint density at radius 1 is 1.39 bits per heavy atom. The van der Waals surface area contributed by atoms with Crippen LogP contribution in [0.25, 0.3) is 0 Å². The van der Waals surface area contributed by atoms with Gasteiger partial charge >= 0.3 is 5.97 Å². The van der Waals surface area contributed by atoms with Gasteiger partial charge in [-0.2, -0.15) is 0 Å². The van der Waals surface area contributed by atoms with E-state index in [1.807, 2.05) is 6.92 Å². The second kappa shape index (κ2) is 6.67. The van der Waals surface area contributed by atoms with E-state index in [1.54, 1.807) is 13.0 Å². The number of hydrogen-bond acceptors (Lipinski definition) is 7.